The predicted octanol–water partition coefficient (Wildman–Crippen LogP) is 16.6. The van der Waals surface area contributed by atoms with Gasteiger partial charge in [-0.2, -0.15) is 0 Å². The maximum Gasteiger partial charge on any atom is 0.0713 e. The summed E-state index contributed by atoms with van der Waals surface area (Å²) < 4.78 is 0. The Bertz CT molecular complexity index is 3770. The monoisotopic (exact) mass is 834 g/mol. The lowest BCUT2D eigenvalue weighted by Crippen LogP contribution is -2.28. The average molecular weight is 835 g/mol. The van der Waals surface area contributed by atoms with Crippen LogP contribution in [-0.2, 0) is 10.8 Å². The lowest BCUT2D eigenvalue weighted by atomic mass is 9.67. The van der Waals surface area contributed by atoms with Gasteiger partial charge in [0.25, 0.3) is 0 Å². The van der Waals surface area contributed by atoms with Crippen LogP contribution in [0.5, 0.6) is 0 Å². The Balaban J connectivity index is 1.07. The SMILES string of the molecule is c1ccc(C2(c3cccc(-c4cc5ccc6cccc7ccc(c4-c4cccc(C8(c9ccccc9)c9ccccc9-c9ccccc98)c4)c5c67)c3)c3ccccc3-c3ccccc32)cc1. The maximum atomic E-state index is 2.51. The number of hydrogen-bond donors (Lipinski definition) is 0. The first-order valence-corrected chi connectivity index (χ1v) is 23.2. The summed E-state index contributed by atoms with van der Waals surface area (Å²) in [5.74, 6) is 0. The van der Waals surface area contributed by atoms with Crippen molar-refractivity contribution >= 4 is 32.3 Å². The summed E-state index contributed by atoms with van der Waals surface area (Å²) in [5.41, 5.74) is 19.4. The molecule has 0 radical (unpaired) electrons. The van der Waals surface area contributed by atoms with Gasteiger partial charge in [0.05, 0.1) is 10.8 Å². The van der Waals surface area contributed by atoms with E-state index in [9.17, 15) is 0 Å². The Morgan fingerprint density at radius 2 is 0.621 bits per heavy atom. The second-order valence-electron chi connectivity index (χ2n) is 18.2. The topological polar surface area (TPSA) is 0 Å². The Hall–Kier alpha value is -8.32. The van der Waals surface area contributed by atoms with Gasteiger partial charge >= 0.3 is 0 Å². The summed E-state index contributed by atoms with van der Waals surface area (Å²) in [5, 5.41) is 7.70. The van der Waals surface area contributed by atoms with Crippen molar-refractivity contribution in [3.8, 4) is 44.5 Å². The molecule has 0 saturated heterocycles. The molecule has 0 nitrogen and oxygen atoms in total. The van der Waals surface area contributed by atoms with E-state index >= 15 is 0 Å². The molecule has 0 saturated carbocycles. The van der Waals surface area contributed by atoms with E-state index in [-0.39, 0.29) is 0 Å². The summed E-state index contributed by atoms with van der Waals surface area (Å²) in [4.78, 5) is 0. The Kier molecular flexibility index (Phi) is 7.92. The lowest BCUT2D eigenvalue weighted by Gasteiger charge is -2.34. The van der Waals surface area contributed by atoms with Gasteiger partial charge in [0, 0.05) is 0 Å². The van der Waals surface area contributed by atoms with Gasteiger partial charge in [0.2, 0.25) is 0 Å². The number of rotatable bonds is 6. The van der Waals surface area contributed by atoms with E-state index in [1.807, 2.05) is 0 Å². The van der Waals surface area contributed by atoms with Crippen LogP contribution in [-0.4, -0.2) is 0 Å². The Labute approximate surface area is 385 Å². The summed E-state index contributed by atoms with van der Waals surface area (Å²) in [6, 6.07) is 96.1. The van der Waals surface area contributed by atoms with Crippen LogP contribution in [0.25, 0.3) is 76.8 Å². The van der Waals surface area contributed by atoms with Gasteiger partial charge < -0.3 is 0 Å². The van der Waals surface area contributed by atoms with E-state index < -0.39 is 10.8 Å². The molecule has 14 rings (SSSR count). The highest BCUT2D eigenvalue weighted by Crippen LogP contribution is 2.59. The zero-order chi connectivity index (χ0) is 43.4. The van der Waals surface area contributed by atoms with E-state index in [1.54, 1.807) is 0 Å². The highest BCUT2D eigenvalue weighted by molar-refractivity contribution is 6.27. The summed E-state index contributed by atoms with van der Waals surface area (Å²) in [6.45, 7) is 0. The first-order valence-electron chi connectivity index (χ1n) is 23.2. The zero-order valence-corrected chi connectivity index (χ0v) is 36.2. The molecular weight excluding hydrogens is 793 g/mol. The van der Waals surface area contributed by atoms with Gasteiger partial charge in [0.1, 0.15) is 0 Å². The van der Waals surface area contributed by atoms with Gasteiger partial charge in [-0.1, -0.05) is 237 Å². The highest BCUT2D eigenvalue weighted by Gasteiger charge is 2.47. The fourth-order valence-corrected chi connectivity index (χ4v) is 12.6. The third kappa shape index (κ3) is 4.93. The molecule has 2 aliphatic rings. The first-order chi connectivity index (χ1) is 32.7. The number of benzene rings is 12. The standard InChI is InChI=1S/C66H42/c1-3-22-48(23-4-1)65(58-32-11-7-28-52(58)53-29-8-12-33-59(53)65)50-26-16-20-45(40-50)57-42-47-37-36-43-18-15-19-44-38-39-56(64(47)62(43)44)63(57)46-21-17-27-51(41-46)66(49-24-5-2-6-25-49)60-34-13-9-30-54(60)55-31-10-14-35-61(55)66/h1-42H. The van der Waals surface area contributed by atoms with Crippen LogP contribution in [0.2, 0.25) is 0 Å². The largest absolute Gasteiger partial charge is 0.0713 e. The van der Waals surface area contributed by atoms with E-state index in [0.29, 0.717) is 0 Å². The molecule has 0 aliphatic heterocycles. The quantitative estimate of drug-likeness (QED) is 0.146. The maximum absolute atomic E-state index is 2.51. The van der Waals surface area contributed by atoms with Crippen molar-refractivity contribution in [1.29, 1.82) is 0 Å². The predicted molar refractivity (Wildman–Crippen MR) is 276 cm³/mol. The number of hydrogen-bond acceptors (Lipinski definition) is 0. The molecule has 0 amide bonds. The molecule has 12 aromatic carbocycles. The minimum Gasteiger partial charge on any atom is -0.0622 e. The summed E-state index contributed by atoms with van der Waals surface area (Å²) in [6.07, 6.45) is 0. The molecule has 0 fully saturated rings. The van der Waals surface area contributed by atoms with E-state index in [1.165, 1.54) is 121 Å². The highest BCUT2D eigenvalue weighted by atomic mass is 14.5. The molecule has 0 aromatic heterocycles. The Morgan fingerprint density at radius 1 is 0.227 bits per heavy atom. The molecule has 12 aromatic rings. The Morgan fingerprint density at radius 3 is 1.14 bits per heavy atom. The zero-order valence-electron chi connectivity index (χ0n) is 36.2. The summed E-state index contributed by atoms with van der Waals surface area (Å²) >= 11 is 0. The molecular formula is C66H42. The molecule has 2 aliphatic carbocycles. The molecule has 0 unspecified atom stereocenters. The van der Waals surface area contributed by atoms with Crippen LogP contribution in [0.1, 0.15) is 44.5 Å². The van der Waals surface area contributed by atoms with Crippen molar-refractivity contribution in [2.24, 2.45) is 0 Å². The molecule has 0 bridgehead atoms. The molecule has 0 heterocycles. The van der Waals surface area contributed by atoms with Crippen LogP contribution < -0.4 is 0 Å². The molecule has 0 atom stereocenters. The van der Waals surface area contributed by atoms with Crippen molar-refractivity contribution in [3.63, 3.8) is 0 Å². The fourth-order valence-electron chi connectivity index (χ4n) is 12.6. The van der Waals surface area contributed by atoms with Crippen LogP contribution >= 0.6 is 0 Å². The van der Waals surface area contributed by atoms with Gasteiger partial charge in [-0.3, -0.25) is 0 Å². The van der Waals surface area contributed by atoms with E-state index in [0.717, 1.165) is 0 Å². The van der Waals surface area contributed by atoms with Crippen LogP contribution in [0.4, 0.5) is 0 Å². The normalized spacial score (nSPS) is 14.0. The van der Waals surface area contributed by atoms with Gasteiger partial charge in [0.15, 0.2) is 0 Å². The molecule has 0 heteroatoms. The van der Waals surface area contributed by atoms with Crippen LogP contribution in [0, 0.1) is 0 Å². The second kappa shape index (κ2) is 14.1. The molecule has 0 spiro atoms. The van der Waals surface area contributed by atoms with E-state index in [2.05, 4.69) is 255 Å². The molecule has 66 heavy (non-hydrogen) atoms. The molecule has 0 N–H and O–H groups in total. The van der Waals surface area contributed by atoms with Crippen molar-refractivity contribution < 1.29 is 0 Å². The van der Waals surface area contributed by atoms with Gasteiger partial charge in [-0.15, -0.1) is 0 Å². The van der Waals surface area contributed by atoms with Crippen molar-refractivity contribution in [2.45, 2.75) is 10.8 Å². The lowest BCUT2D eigenvalue weighted by molar-refractivity contribution is 0.768. The average Bonchev–Trinajstić information content (AvgIpc) is 3.87. The van der Waals surface area contributed by atoms with Crippen molar-refractivity contribution in [3.05, 3.63) is 299 Å². The fraction of sp³-hybridized carbons (Fsp3) is 0.0303. The minimum absolute atomic E-state index is 0.508. The molecule has 306 valence electrons. The van der Waals surface area contributed by atoms with Crippen LogP contribution in [0.3, 0.4) is 0 Å². The van der Waals surface area contributed by atoms with Crippen molar-refractivity contribution in [2.75, 3.05) is 0 Å². The van der Waals surface area contributed by atoms with E-state index in [4.69, 9.17) is 0 Å². The number of fused-ring (bicyclic) bond motifs is 6. The first kappa shape index (κ1) is 37.1. The third-order valence-corrected chi connectivity index (χ3v) is 15.2. The van der Waals surface area contributed by atoms with Crippen LogP contribution in [0.15, 0.2) is 255 Å². The third-order valence-electron chi connectivity index (χ3n) is 15.2. The smallest absolute Gasteiger partial charge is 0.0622 e. The minimum atomic E-state index is -0.514. The van der Waals surface area contributed by atoms with Gasteiger partial charge in [-0.05, 0) is 140 Å². The second-order valence-corrected chi connectivity index (χ2v) is 18.2. The summed E-state index contributed by atoms with van der Waals surface area (Å²) in [7, 11) is 0. The van der Waals surface area contributed by atoms with Gasteiger partial charge in [-0.25, -0.2) is 0 Å². The van der Waals surface area contributed by atoms with Crippen molar-refractivity contribution in [1.82, 2.24) is 0 Å².